The molecule has 35 heavy (non-hydrogen) atoms. The maximum Gasteiger partial charge on any atom is 0.295 e. The van der Waals surface area contributed by atoms with Gasteiger partial charge in [-0.25, -0.2) is 4.21 Å². The Labute approximate surface area is 210 Å². The van der Waals surface area contributed by atoms with Crippen LogP contribution in [0, 0.1) is 0 Å². The number of benzene rings is 1. The number of hydrogen-bond acceptors (Lipinski definition) is 3. The third-order valence-corrected chi connectivity index (χ3v) is 8.57. The summed E-state index contributed by atoms with van der Waals surface area (Å²) >= 11 is -2.13. The first-order valence-corrected chi connectivity index (χ1v) is 14.7. The largest absolute Gasteiger partial charge is 0.295 e. The Morgan fingerprint density at radius 3 is 2.29 bits per heavy atom. The smallest absolute Gasteiger partial charge is 0.289 e. The van der Waals surface area contributed by atoms with Gasteiger partial charge in [0.25, 0.3) is 21.4 Å². The van der Waals surface area contributed by atoms with Crippen molar-refractivity contribution in [1.29, 1.82) is 0 Å². The molecule has 0 saturated carbocycles. The highest BCUT2D eigenvalue weighted by Gasteiger charge is 2.23. The highest BCUT2D eigenvalue weighted by molar-refractivity contribution is 7.86. The lowest BCUT2D eigenvalue weighted by atomic mass is 9.91. The number of anilines is 1. The molecule has 3 aliphatic carbocycles. The van der Waals surface area contributed by atoms with Crippen molar-refractivity contribution < 1.29 is 21.7 Å². The quantitative estimate of drug-likeness (QED) is 0.207. The molecule has 188 valence electrons. The molecule has 1 aromatic rings. The number of aryl methyl sites for hydroxylation is 3. The molecule has 1 aromatic carbocycles. The van der Waals surface area contributed by atoms with Crippen LogP contribution in [-0.2, 0) is 40.6 Å². The van der Waals surface area contributed by atoms with E-state index in [0.29, 0.717) is 31.4 Å². The summed E-state index contributed by atoms with van der Waals surface area (Å²) in [5, 5.41) is 0. The molecule has 0 bridgehead atoms. The standard InChI is InChI=1S/C27H33NO5S2/c1-19(2)20-11-14-25-23(18-27(35(31,32)33)26(25)15-12-20)9-5-6-16-28(34(29)30)24-13-10-21-7-3-4-8-22(21)17-24/h10-15,17-19H,3-9,16H2,1-2H3,(H,29,30)(H,31,32,33). The molecule has 1 unspecified atom stereocenters. The highest BCUT2D eigenvalue weighted by Crippen LogP contribution is 2.36. The van der Waals surface area contributed by atoms with Crippen LogP contribution < -0.4 is 4.31 Å². The molecule has 4 rings (SSSR count). The second-order valence-corrected chi connectivity index (χ2v) is 11.9. The van der Waals surface area contributed by atoms with Crippen molar-refractivity contribution in [3.05, 3.63) is 70.8 Å². The summed E-state index contributed by atoms with van der Waals surface area (Å²) in [6.07, 6.45) is 6.37. The Bertz CT molecular complexity index is 1300. The summed E-state index contributed by atoms with van der Waals surface area (Å²) in [6, 6.07) is 15.2. The Hall–Kier alpha value is -2.26. The van der Waals surface area contributed by atoms with E-state index in [1.165, 1.54) is 21.9 Å². The van der Waals surface area contributed by atoms with Gasteiger partial charge in [0.2, 0.25) is 0 Å². The fraction of sp³-hybridized carbons (Fsp3) is 0.407. The Kier molecular flexibility index (Phi) is 7.96. The van der Waals surface area contributed by atoms with Gasteiger partial charge in [0.05, 0.1) is 5.69 Å². The molecule has 0 aliphatic heterocycles. The fourth-order valence-electron chi connectivity index (χ4n) is 4.95. The molecule has 6 nitrogen and oxygen atoms in total. The maximum absolute atomic E-state index is 12.1. The van der Waals surface area contributed by atoms with Gasteiger partial charge in [0, 0.05) is 12.1 Å². The Balaban J connectivity index is 1.49. The molecule has 0 fully saturated rings. The second-order valence-electron chi connectivity index (χ2n) is 9.61. The van der Waals surface area contributed by atoms with Gasteiger partial charge in [0.1, 0.15) is 4.90 Å². The van der Waals surface area contributed by atoms with E-state index < -0.39 is 21.4 Å². The van der Waals surface area contributed by atoms with Gasteiger partial charge in [-0.05, 0) is 96.9 Å². The number of fused-ring (bicyclic) bond motifs is 2. The van der Waals surface area contributed by atoms with Crippen LogP contribution in [-0.4, -0.2) is 28.3 Å². The van der Waals surface area contributed by atoms with Crippen LogP contribution in [0.2, 0.25) is 0 Å². The van der Waals surface area contributed by atoms with Crippen LogP contribution in [0.1, 0.15) is 67.7 Å². The fourth-order valence-corrected chi connectivity index (χ4v) is 6.28. The van der Waals surface area contributed by atoms with Crippen LogP contribution in [0.15, 0.2) is 53.4 Å². The molecule has 0 spiro atoms. The van der Waals surface area contributed by atoms with E-state index in [4.69, 9.17) is 0 Å². The van der Waals surface area contributed by atoms with Gasteiger partial charge in [-0.1, -0.05) is 44.2 Å². The maximum atomic E-state index is 12.1. The lowest BCUT2D eigenvalue weighted by molar-refractivity contribution is 0.483. The molecule has 0 amide bonds. The zero-order chi connectivity index (χ0) is 25.2. The second kappa shape index (κ2) is 10.8. The third-order valence-electron chi connectivity index (χ3n) is 6.90. The van der Waals surface area contributed by atoms with Crippen molar-refractivity contribution in [1.82, 2.24) is 0 Å². The molecular weight excluding hydrogens is 482 g/mol. The van der Waals surface area contributed by atoms with E-state index in [2.05, 4.69) is 19.9 Å². The van der Waals surface area contributed by atoms with Crippen molar-refractivity contribution in [2.75, 3.05) is 10.8 Å². The number of nitrogens with zero attached hydrogens (tertiary/aromatic N) is 1. The minimum absolute atomic E-state index is 0.0689. The number of hydrogen-bond donors (Lipinski definition) is 2. The number of rotatable bonds is 9. The van der Waals surface area contributed by atoms with E-state index in [-0.39, 0.29) is 10.8 Å². The molecule has 0 heterocycles. The Morgan fingerprint density at radius 1 is 0.943 bits per heavy atom. The summed E-state index contributed by atoms with van der Waals surface area (Å²) in [6.45, 7) is 4.56. The molecule has 0 radical (unpaired) electrons. The van der Waals surface area contributed by atoms with Crippen LogP contribution in [0.25, 0.3) is 11.1 Å². The van der Waals surface area contributed by atoms with Crippen LogP contribution >= 0.6 is 0 Å². The van der Waals surface area contributed by atoms with E-state index in [1.54, 1.807) is 12.1 Å². The molecule has 0 aromatic heterocycles. The van der Waals surface area contributed by atoms with Crippen LogP contribution in [0.4, 0.5) is 5.69 Å². The first-order valence-electron chi connectivity index (χ1n) is 12.2. The summed E-state index contributed by atoms with van der Waals surface area (Å²) in [5.74, 6) is 0.290. The van der Waals surface area contributed by atoms with Gasteiger partial charge >= 0.3 is 0 Å². The molecular formula is C27H33NO5S2. The average Bonchev–Trinajstić information content (AvgIpc) is 3.01. The predicted molar refractivity (Wildman–Crippen MR) is 141 cm³/mol. The molecule has 1 atom stereocenters. The van der Waals surface area contributed by atoms with Crippen molar-refractivity contribution in [3.63, 3.8) is 0 Å². The zero-order valence-electron chi connectivity index (χ0n) is 20.2. The van der Waals surface area contributed by atoms with Crippen molar-refractivity contribution in [2.45, 2.75) is 69.6 Å². The van der Waals surface area contributed by atoms with Crippen molar-refractivity contribution >= 4 is 27.1 Å². The van der Waals surface area contributed by atoms with Crippen LogP contribution in [0.5, 0.6) is 0 Å². The van der Waals surface area contributed by atoms with Crippen molar-refractivity contribution in [3.8, 4) is 11.1 Å². The lowest BCUT2D eigenvalue weighted by Gasteiger charge is -2.23. The summed E-state index contributed by atoms with van der Waals surface area (Å²) in [7, 11) is -4.35. The summed E-state index contributed by atoms with van der Waals surface area (Å²) in [4.78, 5) is -0.0689. The molecule has 3 aliphatic rings. The number of unbranched alkanes of at least 4 members (excludes halogenated alkanes) is 1. The first-order chi connectivity index (χ1) is 16.6. The SMILES string of the molecule is CC(C)c1ccc2c(CCCCN(c3ccc4c(c3)CCCC4)S(=O)O)cc(S(=O)(=O)O)c-2cc1. The van der Waals surface area contributed by atoms with Crippen LogP contribution in [0.3, 0.4) is 0 Å². The predicted octanol–water partition coefficient (Wildman–Crippen LogP) is 6.01. The topological polar surface area (TPSA) is 94.9 Å². The average molecular weight is 516 g/mol. The van der Waals surface area contributed by atoms with Gasteiger partial charge < -0.3 is 0 Å². The first kappa shape index (κ1) is 25.8. The molecule has 8 heteroatoms. The summed E-state index contributed by atoms with van der Waals surface area (Å²) < 4.78 is 57.3. The van der Waals surface area contributed by atoms with E-state index >= 15 is 0 Å². The normalized spacial score (nSPS) is 14.8. The minimum atomic E-state index is -4.35. The zero-order valence-corrected chi connectivity index (χ0v) is 21.9. The van der Waals surface area contributed by atoms with E-state index in [0.717, 1.165) is 41.6 Å². The minimum Gasteiger partial charge on any atom is -0.289 e. The van der Waals surface area contributed by atoms with Gasteiger partial charge in [0.15, 0.2) is 0 Å². The molecule has 0 saturated heterocycles. The van der Waals surface area contributed by atoms with E-state index in [9.17, 15) is 21.7 Å². The lowest BCUT2D eigenvalue weighted by Crippen LogP contribution is -2.26. The van der Waals surface area contributed by atoms with E-state index in [1.807, 2.05) is 30.3 Å². The van der Waals surface area contributed by atoms with Gasteiger partial charge in [-0.2, -0.15) is 8.42 Å². The highest BCUT2D eigenvalue weighted by atomic mass is 32.2. The van der Waals surface area contributed by atoms with Gasteiger partial charge in [-0.15, -0.1) is 0 Å². The monoisotopic (exact) mass is 515 g/mol. The third kappa shape index (κ3) is 5.94. The molecule has 2 N–H and O–H groups in total. The Morgan fingerprint density at radius 2 is 1.63 bits per heavy atom. The van der Waals surface area contributed by atoms with Gasteiger partial charge in [-0.3, -0.25) is 13.4 Å². The van der Waals surface area contributed by atoms with Crippen molar-refractivity contribution in [2.24, 2.45) is 0 Å². The summed E-state index contributed by atoms with van der Waals surface area (Å²) in [5.41, 5.74) is 6.60.